The molecule has 1 amide bonds. The van der Waals surface area contributed by atoms with E-state index in [1.165, 1.54) is 12.1 Å². The Hall–Kier alpha value is -2.15. The normalized spacial score (nSPS) is 22.6. The van der Waals surface area contributed by atoms with Gasteiger partial charge in [0.25, 0.3) is 11.6 Å². The fraction of sp³-hybridized carbons (Fsp3) is 0.462. The van der Waals surface area contributed by atoms with Crippen LogP contribution in [0.4, 0.5) is 11.4 Å². The van der Waals surface area contributed by atoms with Crippen molar-refractivity contribution in [2.45, 2.75) is 25.9 Å². The Morgan fingerprint density at radius 3 is 2.80 bits per heavy atom. The van der Waals surface area contributed by atoms with E-state index in [1.807, 2.05) is 13.8 Å². The van der Waals surface area contributed by atoms with Crippen LogP contribution in [0.15, 0.2) is 18.2 Å². The molecule has 0 bridgehead atoms. The highest BCUT2D eigenvalue weighted by Gasteiger charge is 2.26. The summed E-state index contributed by atoms with van der Waals surface area (Å²) in [4.78, 5) is 23.9. The summed E-state index contributed by atoms with van der Waals surface area (Å²) in [5.41, 5.74) is 6.09. The number of hydrogen-bond donors (Lipinski definition) is 2. The number of anilines is 1. The maximum Gasteiger partial charge on any atom is 0.270 e. The molecule has 0 saturated carbocycles. The van der Waals surface area contributed by atoms with Crippen molar-refractivity contribution in [3.63, 3.8) is 0 Å². The minimum absolute atomic E-state index is 0.126. The Morgan fingerprint density at radius 2 is 2.20 bits per heavy atom. The number of carbonyl (C=O) groups excluding carboxylic acids is 1. The highest BCUT2D eigenvalue weighted by Crippen LogP contribution is 2.28. The summed E-state index contributed by atoms with van der Waals surface area (Å²) in [6.45, 7) is 5.59. The maximum absolute atomic E-state index is 11.6. The number of amides is 1. The summed E-state index contributed by atoms with van der Waals surface area (Å²) >= 11 is 0. The van der Waals surface area contributed by atoms with Crippen LogP contribution in [0.3, 0.4) is 0 Å². The molecule has 1 aromatic rings. The first kappa shape index (κ1) is 14.3. The van der Waals surface area contributed by atoms with Gasteiger partial charge in [-0.25, -0.2) is 0 Å². The molecule has 1 aliphatic rings. The van der Waals surface area contributed by atoms with Gasteiger partial charge in [-0.15, -0.1) is 0 Å². The van der Waals surface area contributed by atoms with Crippen LogP contribution in [0.5, 0.6) is 0 Å². The van der Waals surface area contributed by atoms with Gasteiger partial charge in [-0.2, -0.15) is 0 Å². The van der Waals surface area contributed by atoms with E-state index in [4.69, 9.17) is 5.73 Å². The number of nitro benzene ring substituents is 1. The molecule has 2 unspecified atom stereocenters. The lowest BCUT2D eigenvalue weighted by molar-refractivity contribution is -0.384. The minimum Gasteiger partial charge on any atom is -0.366 e. The number of benzene rings is 1. The number of nitrogens with zero attached hydrogens (tertiary/aromatic N) is 2. The van der Waals surface area contributed by atoms with E-state index in [1.54, 1.807) is 6.07 Å². The molecule has 0 aliphatic carbocycles. The minimum atomic E-state index is -0.651. The molecule has 7 heteroatoms. The molecule has 20 heavy (non-hydrogen) atoms. The third-order valence-corrected chi connectivity index (χ3v) is 3.53. The Bertz CT molecular complexity index is 546. The lowest BCUT2D eigenvalue weighted by Gasteiger charge is -2.39. The van der Waals surface area contributed by atoms with Crippen molar-refractivity contribution in [3.8, 4) is 0 Å². The number of piperazine rings is 1. The van der Waals surface area contributed by atoms with Gasteiger partial charge in [0.2, 0.25) is 0 Å². The topological polar surface area (TPSA) is 102 Å². The Morgan fingerprint density at radius 1 is 1.50 bits per heavy atom. The molecule has 1 saturated heterocycles. The number of nitro groups is 1. The summed E-state index contributed by atoms with van der Waals surface area (Å²) < 4.78 is 0. The van der Waals surface area contributed by atoms with Gasteiger partial charge in [-0.05, 0) is 19.9 Å². The average Bonchev–Trinajstić information content (AvgIpc) is 2.40. The van der Waals surface area contributed by atoms with Crippen LogP contribution in [-0.2, 0) is 0 Å². The molecule has 3 N–H and O–H groups in total. The zero-order chi connectivity index (χ0) is 14.9. The fourth-order valence-electron chi connectivity index (χ4n) is 2.44. The second kappa shape index (κ2) is 5.46. The zero-order valence-electron chi connectivity index (χ0n) is 11.5. The molecule has 1 aromatic carbocycles. The first-order chi connectivity index (χ1) is 9.40. The molecule has 0 spiro atoms. The molecule has 0 aromatic heterocycles. The summed E-state index contributed by atoms with van der Waals surface area (Å²) in [5, 5.41) is 14.2. The van der Waals surface area contributed by atoms with Crippen LogP contribution in [0.1, 0.15) is 24.2 Å². The average molecular weight is 278 g/mol. The molecule has 1 fully saturated rings. The van der Waals surface area contributed by atoms with E-state index in [0.29, 0.717) is 5.69 Å². The summed E-state index contributed by atoms with van der Waals surface area (Å²) in [7, 11) is 0. The summed E-state index contributed by atoms with van der Waals surface area (Å²) in [5.74, 6) is -0.651. The largest absolute Gasteiger partial charge is 0.366 e. The number of nitrogens with two attached hydrogens (primary N) is 1. The number of nitrogens with one attached hydrogen (secondary N) is 1. The highest BCUT2D eigenvalue weighted by molar-refractivity contribution is 5.99. The molecule has 108 valence electrons. The molecule has 2 rings (SSSR count). The second-order valence-electron chi connectivity index (χ2n) is 5.13. The molecule has 1 aliphatic heterocycles. The van der Waals surface area contributed by atoms with Crippen molar-refractivity contribution in [3.05, 3.63) is 33.9 Å². The summed E-state index contributed by atoms with van der Waals surface area (Å²) in [6.07, 6.45) is 0. The number of rotatable bonds is 3. The van der Waals surface area contributed by atoms with Gasteiger partial charge < -0.3 is 16.0 Å². The van der Waals surface area contributed by atoms with E-state index in [-0.39, 0.29) is 23.3 Å². The Kier molecular flexibility index (Phi) is 3.89. The molecular weight excluding hydrogens is 260 g/mol. The fourth-order valence-corrected chi connectivity index (χ4v) is 2.44. The molecule has 1 heterocycles. The van der Waals surface area contributed by atoms with Crippen molar-refractivity contribution in [1.82, 2.24) is 5.32 Å². The van der Waals surface area contributed by atoms with Gasteiger partial charge in [0, 0.05) is 37.3 Å². The molecule has 2 atom stereocenters. The van der Waals surface area contributed by atoms with E-state index in [0.717, 1.165) is 13.1 Å². The Balaban J connectivity index is 2.44. The van der Waals surface area contributed by atoms with Crippen molar-refractivity contribution in [1.29, 1.82) is 0 Å². The number of hydrogen-bond acceptors (Lipinski definition) is 5. The first-order valence-electron chi connectivity index (χ1n) is 6.48. The predicted molar refractivity (Wildman–Crippen MR) is 75.9 cm³/mol. The third-order valence-electron chi connectivity index (χ3n) is 3.53. The highest BCUT2D eigenvalue weighted by atomic mass is 16.6. The SMILES string of the molecule is CC1CN(c2ccc([N+](=O)[O-])cc2C(N)=O)C(C)CN1. The lowest BCUT2D eigenvalue weighted by atomic mass is 10.1. The van der Waals surface area contributed by atoms with Crippen LogP contribution in [0.25, 0.3) is 0 Å². The molecule has 7 nitrogen and oxygen atoms in total. The maximum atomic E-state index is 11.6. The van der Waals surface area contributed by atoms with Gasteiger partial charge in [0.1, 0.15) is 0 Å². The smallest absolute Gasteiger partial charge is 0.270 e. The third kappa shape index (κ3) is 2.72. The van der Waals surface area contributed by atoms with Crippen molar-refractivity contribution >= 4 is 17.3 Å². The second-order valence-corrected chi connectivity index (χ2v) is 5.13. The van der Waals surface area contributed by atoms with E-state index >= 15 is 0 Å². The predicted octanol–water partition coefficient (Wildman–Crippen LogP) is 0.880. The number of carbonyl (C=O) groups is 1. The summed E-state index contributed by atoms with van der Waals surface area (Å²) in [6, 6.07) is 4.72. The zero-order valence-corrected chi connectivity index (χ0v) is 11.5. The first-order valence-corrected chi connectivity index (χ1v) is 6.48. The lowest BCUT2D eigenvalue weighted by Crippen LogP contribution is -2.54. The van der Waals surface area contributed by atoms with Gasteiger partial charge in [-0.1, -0.05) is 0 Å². The van der Waals surface area contributed by atoms with Crippen molar-refractivity contribution in [2.24, 2.45) is 5.73 Å². The van der Waals surface area contributed by atoms with Crippen molar-refractivity contribution < 1.29 is 9.72 Å². The van der Waals surface area contributed by atoms with Crippen LogP contribution >= 0.6 is 0 Å². The van der Waals surface area contributed by atoms with E-state index < -0.39 is 10.8 Å². The van der Waals surface area contributed by atoms with Crippen LogP contribution in [0.2, 0.25) is 0 Å². The quantitative estimate of drug-likeness (QED) is 0.631. The van der Waals surface area contributed by atoms with Crippen LogP contribution < -0.4 is 16.0 Å². The van der Waals surface area contributed by atoms with Gasteiger partial charge in [0.05, 0.1) is 16.2 Å². The monoisotopic (exact) mass is 278 g/mol. The van der Waals surface area contributed by atoms with Gasteiger partial charge in [-0.3, -0.25) is 14.9 Å². The van der Waals surface area contributed by atoms with E-state index in [9.17, 15) is 14.9 Å². The number of non-ortho nitro benzene ring substituents is 1. The molecule has 0 radical (unpaired) electrons. The van der Waals surface area contributed by atoms with Crippen LogP contribution in [-0.4, -0.2) is 36.0 Å². The van der Waals surface area contributed by atoms with E-state index in [2.05, 4.69) is 10.2 Å². The number of primary amides is 1. The van der Waals surface area contributed by atoms with Gasteiger partial charge in [0.15, 0.2) is 0 Å². The van der Waals surface area contributed by atoms with Gasteiger partial charge >= 0.3 is 0 Å². The Labute approximate surface area is 116 Å². The molecular formula is C13H18N4O3. The standard InChI is InChI=1S/C13H18N4O3/c1-8-7-16(9(2)6-15-8)12-4-3-10(17(19)20)5-11(12)13(14)18/h3-5,8-9,15H,6-7H2,1-2H3,(H2,14,18). The van der Waals surface area contributed by atoms with Crippen LogP contribution in [0, 0.1) is 10.1 Å². The van der Waals surface area contributed by atoms with Crippen molar-refractivity contribution in [2.75, 3.05) is 18.0 Å².